The summed E-state index contributed by atoms with van der Waals surface area (Å²) in [6.07, 6.45) is 0. The van der Waals surface area contributed by atoms with Crippen LogP contribution in [0.5, 0.6) is 0 Å². The van der Waals surface area contributed by atoms with Gasteiger partial charge in [0.15, 0.2) is 0 Å². The number of nitrogens with one attached hydrogen (secondary N) is 2. The van der Waals surface area contributed by atoms with E-state index in [-0.39, 0.29) is 11.4 Å². The Balaban J connectivity index is 1.73. The standard InChI is InChI=1S/C19H17N5O3/c1-12-6-8-14(9-7-12)13(2)20-23-19(25)18-11-17(21-22-18)15-4-3-5-16(10-15)24(26)27/h3-11H,1-2H3,(H,21,22)(H,23,25)/b20-13-. The lowest BCUT2D eigenvalue weighted by Gasteiger charge is -2.02. The summed E-state index contributed by atoms with van der Waals surface area (Å²) in [5.41, 5.74) is 6.33. The number of hydrogen-bond donors (Lipinski definition) is 2. The van der Waals surface area contributed by atoms with Crippen molar-refractivity contribution in [3.63, 3.8) is 0 Å². The van der Waals surface area contributed by atoms with Crippen LogP contribution in [0.15, 0.2) is 59.7 Å². The number of carbonyl (C=O) groups is 1. The molecule has 0 atom stereocenters. The van der Waals surface area contributed by atoms with Crippen molar-refractivity contribution in [1.82, 2.24) is 15.6 Å². The number of hydrogen-bond acceptors (Lipinski definition) is 5. The van der Waals surface area contributed by atoms with Crippen LogP contribution in [-0.4, -0.2) is 26.7 Å². The van der Waals surface area contributed by atoms with E-state index in [4.69, 9.17) is 0 Å². The van der Waals surface area contributed by atoms with Gasteiger partial charge in [0.1, 0.15) is 5.69 Å². The Hall–Kier alpha value is -3.81. The van der Waals surface area contributed by atoms with E-state index in [2.05, 4.69) is 20.7 Å². The minimum Gasteiger partial charge on any atom is -0.272 e. The molecule has 0 spiro atoms. The van der Waals surface area contributed by atoms with E-state index in [1.165, 1.54) is 18.2 Å². The van der Waals surface area contributed by atoms with Crippen LogP contribution < -0.4 is 5.43 Å². The molecule has 0 saturated carbocycles. The fraction of sp³-hybridized carbons (Fsp3) is 0.105. The number of benzene rings is 2. The number of aromatic amines is 1. The maximum atomic E-state index is 12.3. The van der Waals surface area contributed by atoms with E-state index in [1.807, 2.05) is 31.2 Å². The molecule has 8 nitrogen and oxygen atoms in total. The minimum absolute atomic E-state index is 0.0418. The molecule has 2 aromatic carbocycles. The maximum absolute atomic E-state index is 12.3. The average Bonchev–Trinajstić information content (AvgIpc) is 3.17. The molecule has 1 amide bonds. The summed E-state index contributed by atoms with van der Waals surface area (Å²) in [4.78, 5) is 22.7. The van der Waals surface area contributed by atoms with E-state index in [0.717, 1.165) is 11.1 Å². The largest absolute Gasteiger partial charge is 0.289 e. The number of rotatable bonds is 5. The summed E-state index contributed by atoms with van der Waals surface area (Å²) in [7, 11) is 0. The highest BCUT2D eigenvalue weighted by Gasteiger charge is 2.13. The summed E-state index contributed by atoms with van der Waals surface area (Å²) < 4.78 is 0. The lowest BCUT2D eigenvalue weighted by Crippen LogP contribution is -2.19. The summed E-state index contributed by atoms with van der Waals surface area (Å²) in [6, 6.07) is 15.4. The van der Waals surface area contributed by atoms with Crippen molar-refractivity contribution in [1.29, 1.82) is 0 Å². The van der Waals surface area contributed by atoms with E-state index < -0.39 is 10.8 Å². The summed E-state index contributed by atoms with van der Waals surface area (Å²) in [6.45, 7) is 3.79. The number of nitrogens with zero attached hydrogens (tertiary/aromatic N) is 3. The van der Waals surface area contributed by atoms with Crippen molar-refractivity contribution < 1.29 is 9.72 Å². The molecule has 0 aliphatic carbocycles. The molecule has 27 heavy (non-hydrogen) atoms. The fourth-order valence-electron chi connectivity index (χ4n) is 2.42. The Kier molecular flexibility index (Phi) is 5.07. The van der Waals surface area contributed by atoms with Gasteiger partial charge in [-0.3, -0.25) is 20.0 Å². The average molecular weight is 363 g/mol. The molecular weight excluding hydrogens is 346 g/mol. The van der Waals surface area contributed by atoms with Crippen LogP contribution in [0.4, 0.5) is 5.69 Å². The van der Waals surface area contributed by atoms with Crippen molar-refractivity contribution in [2.24, 2.45) is 5.10 Å². The number of hydrazone groups is 1. The van der Waals surface area contributed by atoms with Gasteiger partial charge in [-0.1, -0.05) is 42.0 Å². The highest BCUT2D eigenvalue weighted by Crippen LogP contribution is 2.22. The Morgan fingerprint density at radius 2 is 1.93 bits per heavy atom. The number of aromatic nitrogens is 2. The third-order valence-corrected chi connectivity index (χ3v) is 3.97. The van der Waals surface area contributed by atoms with Gasteiger partial charge in [-0.25, -0.2) is 5.43 Å². The molecule has 0 unspecified atom stereocenters. The van der Waals surface area contributed by atoms with Crippen molar-refractivity contribution in [3.05, 3.63) is 81.5 Å². The molecule has 136 valence electrons. The number of nitro benzene ring substituents is 1. The maximum Gasteiger partial charge on any atom is 0.289 e. The lowest BCUT2D eigenvalue weighted by atomic mass is 10.1. The minimum atomic E-state index is -0.480. The Morgan fingerprint density at radius 3 is 2.63 bits per heavy atom. The highest BCUT2D eigenvalue weighted by molar-refractivity contribution is 6.00. The second kappa shape index (κ2) is 7.61. The Morgan fingerprint density at radius 1 is 1.19 bits per heavy atom. The van der Waals surface area contributed by atoms with Crippen LogP contribution in [-0.2, 0) is 0 Å². The van der Waals surface area contributed by atoms with Crippen LogP contribution >= 0.6 is 0 Å². The number of aryl methyl sites for hydroxylation is 1. The van der Waals surface area contributed by atoms with E-state index >= 15 is 0 Å². The molecule has 2 N–H and O–H groups in total. The zero-order valence-electron chi connectivity index (χ0n) is 14.8. The number of amides is 1. The van der Waals surface area contributed by atoms with Gasteiger partial charge in [0.05, 0.1) is 16.3 Å². The van der Waals surface area contributed by atoms with Crippen LogP contribution in [0.25, 0.3) is 11.3 Å². The topological polar surface area (TPSA) is 113 Å². The highest BCUT2D eigenvalue weighted by atomic mass is 16.6. The van der Waals surface area contributed by atoms with Gasteiger partial charge < -0.3 is 0 Å². The third-order valence-electron chi connectivity index (χ3n) is 3.97. The van der Waals surface area contributed by atoms with Gasteiger partial charge in [-0.2, -0.15) is 10.2 Å². The smallest absolute Gasteiger partial charge is 0.272 e. The Bertz CT molecular complexity index is 1020. The van der Waals surface area contributed by atoms with Gasteiger partial charge in [-0.05, 0) is 25.5 Å². The summed E-state index contributed by atoms with van der Waals surface area (Å²) in [5.74, 6) is -0.453. The number of non-ortho nitro benzene ring substituents is 1. The molecule has 3 rings (SSSR count). The SMILES string of the molecule is C/C(=N/NC(=O)c1cc(-c2cccc([N+](=O)[O-])c2)n[nH]1)c1ccc(C)cc1. The first kappa shape index (κ1) is 18.0. The van der Waals surface area contributed by atoms with Crippen LogP contribution in [0.3, 0.4) is 0 Å². The first-order valence-electron chi connectivity index (χ1n) is 8.16. The van der Waals surface area contributed by atoms with E-state index in [9.17, 15) is 14.9 Å². The third kappa shape index (κ3) is 4.24. The molecule has 8 heteroatoms. The van der Waals surface area contributed by atoms with Crippen molar-refractivity contribution in [3.8, 4) is 11.3 Å². The zero-order chi connectivity index (χ0) is 19.4. The second-order valence-electron chi connectivity index (χ2n) is 5.98. The molecule has 0 bridgehead atoms. The van der Waals surface area contributed by atoms with Crippen molar-refractivity contribution in [2.75, 3.05) is 0 Å². The number of carbonyl (C=O) groups excluding carboxylic acids is 1. The fourth-order valence-corrected chi connectivity index (χ4v) is 2.42. The zero-order valence-corrected chi connectivity index (χ0v) is 14.8. The molecule has 0 aliphatic heterocycles. The van der Waals surface area contributed by atoms with Gasteiger partial charge in [0.25, 0.3) is 11.6 Å². The quantitative estimate of drug-likeness (QED) is 0.410. The first-order chi connectivity index (χ1) is 12.9. The van der Waals surface area contributed by atoms with Crippen LogP contribution in [0.1, 0.15) is 28.5 Å². The van der Waals surface area contributed by atoms with E-state index in [1.54, 1.807) is 19.1 Å². The molecule has 0 saturated heterocycles. The monoisotopic (exact) mass is 363 g/mol. The molecule has 0 radical (unpaired) electrons. The van der Waals surface area contributed by atoms with Gasteiger partial charge in [0.2, 0.25) is 0 Å². The second-order valence-corrected chi connectivity index (χ2v) is 5.98. The molecule has 0 fully saturated rings. The van der Waals surface area contributed by atoms with Crippen LogP contribution in [0.2, 0.25) is 0 Å². The molecule has 3 aromatic rings. The predicted molar refractivity (Wildman–Crippen MR) is 102 cm³/mol. The Labute approximate surface area is 155 Å². The van der Waals surface area contributed by atoms with Crippen LogP contribution in [0, 0.1) is 17.0 Å². The van der Waals surface area contributed by atoms with Gasteiger partial charge in [-0.15, -0.1) is 0 Å². The molecule has 1 heterocycles. The van der Waals surface area contributed by atoms with Gasteiger partial charge >= 0.3 is 0 Å². The number of H-pyrrole nitrogens is 1. The predicted octanol–water partition coefficient (Wildman–Crippen LogP) is 3.45. The molecule has 0 aliphatic rings. The first-order valence-corrected chi connectivity index (χ1v) is 8.16. The van der Waals surface area contributed by atoms with E-state index in [0.29, 0.717) is 17.0 Å². The number of nitro groups is 1. The normalized spacial score (nSPS) is 11.3. The van der Waals surface area contributed by atoms with Gasteiger partial charge in [0, 0.05) is 17.7 Å². The molecular formula is C19H17N5O3. The lowest BCUT2D eigenvalue weighted by molar-refractivity contribution is -0.384. The summed E-state index contributed by atoms with van der Waals surface area (Å²) >= 11 is 0. The summed E-state index contributed by atoms with van der Waals surface area (Å²) in [5, 5.41) is 21.6. The van der Waals surface area contributed by atoms with Crippen molar-refractivity contribution in [2.45, 2.75) is 13.8 Å². The molecule has 1 aromatic heterocycles. The van der Waals surface area contributed by atoms with Crippen molar-refractivity contribution >= 4 is 17.3 Å².